The van der Waals surface area contributed by atoms with Gasteiger partial charge in [-0.1, -0.05) is 17.7 Å². The van der Waals surface area contributed by atoms with Crippen LogP contribution in [-0.2, 0) is 19.6 Å². The minimum absolute atomic E-state index is 0.0899. The second-order valence-electron chi connectivity index (χ2n) is 7.67. The first-order valence-electron chi connectivity index (χ1n) is 10.7. The Labute approximate surface area is 195 Å². The van der Waals surface area contributed by atoms with Gasteiger partial charge in [0, 0.05) is 32.2 Å². The summed E-state index contributed by atoms with van der Waals surface area (Å²) in [7, 11) is -1.09. The fourth-order valence-corrected chi connectivity index (χ4v) is 4.92. The highest BCUT2D eigenvalue weighted by Gasteiger charge is 2.29. The topological polar surface area (TPSA) is 97.4 Å². The van der Waals surface area contributed by atoms with Crippen molar-refractivity contribution in [2.24, 2.45) is 0 Å². The van der Waals surface area contributed by atoms with Gasteiger partial charge in [-0.2, -0.15) is 0 Å². The smallest absolute Gasteiger partial charge is 0.264 e. The third-order valence-electron chi connectivity index (χ3n) is 5.41. The number of anilines is 1. The highest BCUT2D eigenvalue weighted by Crippen LogP contribution is 2.35. The number of morpholine rings is 1. The van der Waals surface area contributed by atoms with Gasteiger partial charge in [-0.05, 0) is 31.2 Å². The van der Waals surface area contributed by atoms with Crippen LogP contribution >= 0.6 is 0 Å². The molecule has 2 aromatic carbocycles. The molecule has 1 aliphatic heterocycles. The molecule has 9 nitrogen and oxygen atoms in total. The largest absolute Gasteiger partial charge is 0.497 e. The first-order valence-corrected chi connectivity index (χ1v) is 12.2. The summed E-state index contributed by atoms with van der Waals surface area (Å²) in [5.74, 6) is 0.390. The van der Waals surface area contributed by atoms with Gasteiger partial charge in [0.15, 0.2) is 0 Å². The molecule has 0 aromatic heterocycles. The zero-order valence-corrected chi connectivity index (χ0v) is 20.1. The summed E-state index contributed by atoms with van der Waals surface area (Å²) in [6.07, 6.45) is 0. The van der Waals surface area contributed by atoms with Crippen LogP contribution in [-0.4, -0.2) is 79.4 Å². The van der Waals surface area contributed by atoms with E-state index in [9.17, 15) is 13.2 Å². The number of methoxy groups -OCH3 is 2. The second kappa shape index (κ2) is 11.4. The summed E-state index contributed by atoms with van der Waals surface area (Å²) in [5, 5.41) is 2.83. The number of aryl methyl sites for hydroxylation is 1. The Morgan fingerprint density at radius 3 is 2.42 bits per heavy atom. The van der Waals surface area contributed by atoms with Crippen LogP contribution in [0.4, 0.5) is 5.69 Å². The molecule has 1 heterocycles. The van der Waals surface area contributed by atoms with Crippen LogP contribution in [0.1, 0.15) is 5.56 Å². The molecule has 0 saturated carbocycles. The van der Waals surface area contributed by atoms with Crippen LogP contribution in [0.2, 0.25) is 0 Å². The van der Waals surface area contributed by atoms with Crippen molar-refractivity contribution in [1.29, 1.82) is 0 Å². The van der Waals surface area contributed by atoms with Crippen LogP contribution in [0.25, 0.3) is 0 Å². The number of ether oxygens (including phenoxy) is 3. The third-order valence-corrected chi connectivity index (χ3v) is 7.18. The van der Waals surface area contributed by atoms with Gasteiger partial charge in [0.25, 0.3) is 10.0 Å². The Balaban J connectivity index is 1.84. The Bertz CT molecular complexity index is 1040. The fraction of sp³-hybridized carbons (Fsp3) is 0.435. The summed E-state index contributed by atoms with van der Waals surface area (Å²) in [5.41, 5.74) is 1.19. The molecule has 0 aliphatic carbocycles. The van der Waals surface area contributed by atoms with Gasteiger partial charge < -0.3 is 19.5 Å². The Morgan fingerprint density at radius 2 is 1.79 bits per heavy atom. The van der Waals surface area contributed by atoms with E-state index in [1.807, 2.05) is 6.92 Å². The van der Waals surface area contributed by atoms with Crippen LogP contribution in [0.3, 0.4) is 0 Å². The zero-order chi connectivity index (χ0) is 23.8. The predicted octanol–water partition coefficient (Wildman–Crippen LogP) is 1.66. The van der Waals surface area contributed by atoms with Gasteiger partial charge in [-0.3, -0.25) is 14.0 Å². The molecule has 0 bridgehead atoms. The van der Waals surface area contributed by atoms with Gasteiger partial charge in [-0.25, -0.2) is 8.42 Å². The SMILES string of the molecule is COc1ccc(N(CC(=O)NCCN2CCOCC2)S(=O)(=O)c2ccc(C)cc2)c(OC)c1. The van der Waals surface area contributed by atoms with E-state index in [2.05, 4.69) is 10.2 Å². The molecule has 180 valence electrons. The summed E-state index contributed by atoms with van der Waals surface area (Å²) in [6.45, 7) is 5.55. The molecular weight excluding hydrogens is 446 g/mol. The lowest BCUT2D eigenvalue weighted by Crippen LogP contribution is -2.45. The molecule has 3 rings (SSSR count). The number of hydrogen-bond acceptors (Lipinski definition) is 7. The Hall–Kier alpha value is -2.82. The normalized spacial score (nSPS) is 14.5. The number of carbonyl (C=O) groups is 1. The zero-order valence-electron chi connectivity index (χ0n) is 19.2. The van der Waals surface area contributed by atoms with Crippen molar-refractivity contribution in [3.8, 4) is 11.5 Å². The molecule has 33 heavy (non-hydrogen) atoms. The number of rotatable bonds is 10. The van der Waals surface area contributed by atoms with E-state index in [4.69, 9.17) is 14.2 Å². The van der Waals surface area contributed by atoms with E-state index < -0.39 is 15.9 Å². The van der Waals surface area contributed by atoms with Crippen molar-refractivity contribution in [2.75, 3.05) is 64.5 Å². The van der Waals surface area contributed by atoms with Crippen molar-refractivity contribution in [3.05, 3.63) is 48.0 Å². The molecule has 0 atom stereocenters. The molecule has 0 unspecified atom stereocenters. The lowest BCUT2D eigenvalue weighted by molar-refractivity contribution is -0.119. The first-order chi connectivity index (χ1) is 15.8. The molecule has 1 saturated heterocycles. The summed E-state index contributed by atoms with van der Waals surface area (Å²) >= 11 is 0. The summed E-state index contributed by atoms with van der Waals surface area (Å²) < 4.78 is 44.2. The molecular formula is C23H31N3O6S. The van der Waals surface area contributed by atoms with Gasteiger partial charge >= 0.3 is 0 Å². The van der Waals surface area contributed by atoms with E-state index >= 15 is 0 Å². The van der Waals surface area contributed by atoms with Gasteiger partial charge in [0.05, 0.1) is 38.0 Å². The monoisotopic (exact) mass is 477 g/mol. The minimum atomic E-state index is -4.04. The average Bonchev–Trinajstić information content (AvgIpc) is 2.83. The van der Waals surface area contributed by atoms with E-state index in [0.717, 1.165) is 23.0 Å². The molecule has 1 aliphatic rings. The maximum Gasteiger partial charge on any atom is 0.264 e. The number of nitrogens with zero attached hydrogens (tertiary/aromatic N) is 2. The summed E-state index contributed by atoms with van der Waals surface area (Å²) in [4.78, 5) is 15.1. The van der Waals surface area contributed by atoms with Crippen molar-refractivity contribution in [2.45, 2.75) is 11.8 Å². The predicted molar refractivity (Wildman–Crippen MR) is 126 cm³/mol. The Kier molecular flexibility index (Phi) is 8.54. The van der Waals surface area contributed by atoms with Crippen molar-refractivity contribution < 1.29 is 27.4 Å². The van der Waals surface area contributed by atoms with Crippen LogP contribution in [0.5, 0.6) is 11.5 Å². The van der Waals surface area contributed by atoms with Crippen LogP contribution < -0.4 is 19.1 Å². The number of benzene rings is 2. The van der Waals surface area contributed by atoms with Crippen molar-refractivity contribution >= 4 is 21.6 Å². The molecule has 1 amide bonds. The van der Waals surface area contributed by atoms with E-state index in [-0.39, 0.29) is 22.9 Å². The molecule has 1 N–H and O–H groups in total. The van der Waals surface area contributed by atoms with E-state index in [1.54, 1.807) is 30.3 Å². The first kappa shape index (κ1) is 24.8. The van der Waals surface area contributed by atoms with Crippen molar-refractivity contribution in [1.82, 2.24) is 10.2 Å². The van der Waals surface area contributed by atoms with E-state index in [1.165, 1.54) is 26.4 Å². The minimum Gasteiger partial charge on any atom is -0.497 e. The maximum absolute atomic E-state index is 13.6. The van der Waals surface area contributed by atoms with Gasteiger partial charge in [0.1, 0.15) is 18.0 Å². The number of nitrogens with one attached hydrogen (secondary N) is 1. The molecule has 0 spiro atoms. The maximum atomic E-state index is 13.6. The fourth-order valence-electron chi connectivity index (χ4n) is 3.49. The Morgan fingerprint density at radius 1 is 1.09 bits per heavy atom. The van der Waals surface area contributed by atoms with Gasteiger partial charge in [-0.15, -0.1) is 0 Å². The molecule has 0 radical (unpaired) electrons. The number of carbonyl (C=O) groups excluding carboxylic acids is 1. The summed E-state index contributed by atoms with van der Waals surface area (Å²) in [6, 6.07) is 11.3. The lowest BCUT2D eigenvalue weighted by Gasteiger charge is -2.27. The second-order valence-corrected chi connectivity index (χ2v) is 9.53. The number of hydrogen-bond donors (Lipinski definition) is 1. The quantitative estimate of drug-likeness (QED) is 0.556. The number of sulfonamides is 1. The van der Waals surface area contributed by atoms with Crippen LogP contribution in [0.15, 0.2) is 47.4 Å². The van der Waals surface area contributed by atoms with Gasteiger partial charge in [0.2, 0.25) is 5.91 Å². The highest BCUT2D eigenvalue weighted by molar-refractivity contribution is 7.92. The third kappa shape index (κ3) is 6.37. The molecule has 10 heteroatoms. The molecule has 1 fully saturated rings. The highest BCUT2D eigenvalue weighted by atomic mass is 32.2. The van der Waals surface area contributed by atoms with E-state index in [0.29, 0.717) is 32.1 Å². The average molecular weight is 478 g/mol. The molecule has 2 aromatic rings. The van der Waals surface area contributed by atoms with Crippen LogP contribution in [0, 0.1) is 6.92 Å². The standard InChI is InChI=1S/C23H31N3O6S/c1-18-4-7-20(8-5-18)33(28,29)26(21-9-6-19(30-2)16-22(21)31-3)17-23(27)24-10-11-25-12-14-32-15-13-25/h4-9,16H,10-15,17H2,1-3H3,(H,24,27). The number of amides is 1. The van der Waals surface area contributed by atoms with Crippen molar-refractivity contribution in [3.63, 3.8) is 0 Å². The lowest BCUT2D eigenvalue weighted by atomic mass is 10.2.